The van der Waals surface area contributed by atoms with Crippen molar-refractivity contribution in [3.8, 4) is 0 Å². The number of carbonyl (C=O) groups is 2. The number of rotatable bonds is 5. The van der Waals surface area contributed by atoms with Crippen molar-refractivity contribution in [3.05, 3.63) is 27.8 Å². The number of carbonyl (C=O) groups excluding carboxylic acids is 1. The lowest BCUT2D eigenvalue weighted by Crippen LogP contribution is -2.41. The predicted molar refractivity (Wildman–Crippen MR) is 89.2 cm³/mol. The van der Waals surface area contributed by atoms with Gasteiger partial charge in [0, 0.05) is 22.2 Å². The van der Waals surface area contributed by atoms with Crippen LogP contribution < -0.4 is 5.32 Å². The normalized spacial score (nSPS) is 19.2. The quantitative estimate of drug-likeness (QED) is 0.743. The van der Waals surface area contributed by atoms with Crippen LogP contribution in [0.2, 0.25) is 0 Å². The highest BCUT2D eigenvalue weighted by Crippen LogP contribution is 2.19. The molecule has 1 aliphatic rings. The van der Waals surface area contributed by atoms with Gasteiger partial charge in [0.25, 0.3) is 0 Å². The summed E-state index contributed by atoms with van der Waals surface area (Å²) in [5, 5.41) is 11.7. The third-order valence-electron chi connectivity index (χ3n) is 3.54. The zero-order valence-electron chi connectivity index (χ0n) is 11.7. The highest BCUT2D eigenvalue weighted by molar-refractivity contribution is 14.1. The molecule has 1 fully saturated rings. The Labute approximate surface area is 137 Å². The first-order valence-corrected chi connectivity index (χ1v) is 8.10. The molecule has 2 rings (SSSR count). The van der Waals surface area contributed by atoms with Crippen molar-refractivity contribution in [2.45, 2.75) is 19.3 Å². The van der Waals surface area contributed by atoms with Crippen molar-refractivity contribution in [1.29, 1.82) is 0 Å². The van der Waals surface area contributed by atoms with Crippen LogP contribution in [0, 0.1) is 9.49 Å². The Bertz CT molecular complexity index is 521. The molecule has 0 spiro atoms. The summed E-state index contributed by atoms with van der Waals surface area (Å²) in [6, 6.07) is 7.66. The molecular formula is C15H19IN2O3. The number of aliphatic carboxylic acids is 1. The molecule has 1 heterocycles. The first-order valence-electron chi connectivity index (χ1n) is 7.02. The lowest BCUT2D eigenvalue weighted by molar-refractivity contribution is -0.138. The van der Waals surface area contributed by atoms with Crippen molar-refractivity contribution in [2.75, 3.05) is 25.0 Å². The number of anilines is 1. The minimum atomic E-state index is -0.759. The number of hydrogen-bond acceptors (Lipinski definition) is 3. The second-order valence-electron chi connectivity index (χ2n) is 5.40. The van der Waals surface area contributed by atoms with Crippen LogP contribution in [0.3, 0.4) is 0 Å². The summed E-state index contributed by atoms with van der Waals surface area (Å²) in [5.41, 5.74) is 0.797. The number of likely N-dealkylation sites (tertiary alicyclic amines) is 1. The fraction of sp³-hybridized carbons (Fsp3) is 0.467. The zero-order chi connectivity index (χ0) is 15.2. The smallest absolute Gasteiger partial charge is 0.303 e. The van der Waals surface area contributed by atoms with Crippen LogP contribution in [0.25, 0.3) is 0 Å². The maximum Gasteiger partial charge on any atom is 0.303 e. The Morgan fingerprint density at radius 2 is 2.24 bits per heavy atom. The highest BCUT2D eigenvalue weighted by atomic mass is 127. The Balaban J connectivity index is 1.83. The van der Waals surface area contributed by atoms with E-state index in [9.17, 15) is 9.59 Å². The van der Waals surface area contributed by atoms with E-state index in [0.29, 0.717) is 13.1 Å². The average Bonchev–Trinajstić information content (AvgIpc) is 2.37. The maximum atomic E-state index is 12.0. The van der Waals surface area contributed by atoms with E-state index in [1.54, 1.807) is 0 Å². The lowest BCUT2D eigenvalue weighted by Gasteiger charge is -2.31. The molecule has 2 N–H and O–H groups in total. The molecule has 6 heteroatoms. The number of halogens is 1. The number of benzene rings is 1. The molecule has 114 valence electrons. The van der Waals surface area contributed by atoms with Gasteiger partial charge in [0.1, 0.15) is 0 Å². The second-order valence-corrected chi connectivity index (χ2v) is 6.65. The number of nitrogens with one attached hydrogen (secondary N) is 1. The number of carboxylic acids is 1. The van der Waals surface area contributed by atoms with Crippen LogP contribution >= 0.6 is 22.6 Å². The van der Waals surface area contributed by atoms with E-state index < -0.39 is 5.97 Å². The van der Waals surface area contributed by atoms with Gasteiger partial charge in [-0.3, -0.25) is 14.5 Å². The lowest BCUT2D eigenvalue weighted by atomic mass is 9.95. The Morgan fingerprint density at radius 1 is 1.43 bits per heavy atom. The van der Waals surface area contributed by atoms with E-state index in [2.05, 4.69) is 27.9 Å². The molecule has 0 aliphatic carbocycles. The number of piperidine rings is 1. The van der Waals surface area contributed by atoms with E-state index in [1.165, 1.54) is 0 Å². The van der Waals surface area contributed by atoms with Gasteiger partial charge in [-0.15, -0.1) is 0 Å². The monoisotopic (exact) mass is 402 g/mol. The van der Waals surface area contributed by atoms with Crippen LogP contribution in [0.1, 0.15) is 19.3 Å². The molecule has 1 amide bonds. The predicted octanol–water partition coefficient (Wildman–Crippen LogP) is 2.42. The molecule has 1 aromatic rings. The third kappa shape index (κ3) is 5.62. The van der Waals surface area contributed by atoms with Gasteiger partial charge in [0.15, 0.2) is 0 Å². The van der Waals surface area contributed by atoms with Crippen molar-refractivity contribution >= 4 is 40.2 Å². The Morgan fingerprint density at radius 3 is 2.95 bits per heavy atom. The maximum absolute atomic E-state index is 12.0. The first-order chi connectivity index (χ1) is 10.0. The molecule has 0 saturated carbocycles. The zero-order valence-corrected chi connectivity index (χ0v) is 13.9. The van der Waals surface area contributed by atoms with Gasteiger partial charge < -0.3 is 10.4 Å². The van der Waals surface area contributed by atoms with Gasteiger partial charge in [-0.05, 0) is 66.1 Å². The van der Waals surface area contributed by atoms with E-state index in [1.807, 2.05) is 29.2 Å². The topological polar surface area (TPSA) is 69.6 Å². The van der Waals surface area contributed by atoms with E-state index in [0.717, 1.165) is 28.6 Å². The summed E-state index contributed by atoms with van der Waals surface area (Å²) < 4.78 is 1.07. The van der Waals surface area contributed by atoms with Gasteiger partial charge in [-0.2, -0.15) is 0 Å². The average molecular weight is 402 g/mol. The SMILES string of the molecule is O=C(O)CC1CCCN(CC(=O)Nc2cccc(I)c2)C1. The number of nitrogens with zero attached hydrogens (tertiary/aromatic N) is 1. The molecule has 1 aliphatic heterocycles. The summed E-state index contributed by atoms with van der Waals surface area (Å²) in [4.78, 5) is 24.9. The molecule has 21 heavy (non-hydrogen) atoms. The molecule has 0 aromatic heterocycles. The third-order valence-corrected chi connectivity index (χ3v) is 4.21. The molecule has 1 atom stereocenters. The summed E-state index contributed by atoms with van der Waals surface area (Å²) >= 11 is 2.20. The standard InChI is InChI=1S/C15H19IN2O3/c16-12-4-1-5-13(8-12)17-14(19)10-18-6-2-3-11(9-18)7-15(20)21/h1,4-5,8,11H,2-3,6-7,9-10H2,(H,17,19)(H,20,21). The van der Waals surface area contributed by atoms with E-state index in [-0.39, 0.29) is 18.2 Å². The molecule has 1 unspecified atom stereocenters. The van der Waals surface area contributed by atoms with Crippen molar-refractivity contribution < 1.29 is 14.7 Å². The van der Waals surface area contributed by atoms with Crippen LogP contribution in [0.15, 0.2) is 24.3 Å². The Hall–Kier alpha value is -1.15. The summed E-state index contributed by atoms with van der Waals surface area (Å²) in [7, 11) is 0. The van der Waals surface area contributed by atoms with Crippen LogP contribution in [0.4, 0.5) is 5.69 Å². The molecule has 5 nitrogen and oxygen atoms in total. The van der Waals surface area contributed by atoms with Crippen LogP contribution in [-0.4, -0.2) is 41.5 Å². The summed E-state index contributed by atoms with van der Waals surface area (Å²) in [6.07, 6.45) is 2.07. The number of carboxylic acid groups (broad SMARTS) is 1. The number of hydrogen-bond donors (Lipinski definition) is 2. The van der Waals surface area contributed by atoms with Gasteiger partial charge >= 0.3 is 5.97 Å². The fourth-order valence-corrected chi connectivity index (χ4v) is 3.22. The van der Waals surface area contributed by atoms with Gasteiger partial charge in [-0.25, -0.2) is 0 Å². The molecule has 1 saturated heterocycles. The van der Waals surface area contributed by atoms with Crippen molar-refractivity contribution in [3.63, 3.8) is 0 Å². The largest absolute Gasteiger partial charge is 0.481 e. The van der Waals surface area contributed by atoms with Crippen LogP contribution in [0.5, 0.6) is 0 Å². The van der Waals surface area contributed by atoms with Crippen LogP contribution in [-0.2, 0) is 9.59 Å². The molecule has 1 aromatic carbocycles. The summed E-state index contributed by atoms with van der Waals surface area (Å²) in [6.45, 7) is 1.86. The Kier molecular flexibility index (Phi) is 5.98. The minimum absolute atomic E-state index is 0.0482. The van der Waals surface area contributed by atoms with Gasteiger partial charge in [0.2, 0.25) is 5.91 Å². The first kappa shape index (κ1) is 16.2. The summed E-state index contributed by atoms with van der Waals surface area (Å²) in [5.74, 6) is -0.653. The fourth-order valence-electron chi connectivity index (χ4n) is 2.68. The number of amides is 1. The highest BCUT2D eigenvalue weighted by Gasteiger charge is 2.23. The van der Waals surface area contributed by atoms with Gasteiger partial charge in [0.05, 0.1) is 6.54 Å². The van der Waals surface area contributed by atoms with E-state index in [4.69, 9.17) is 5.11 Å². The second kappa shape index (κ2) is 7.74. The van der Waals surface area contributed by atoms with E-state index >= 15 is 0 Å². The van der Waals surface area contributed by atoms with Crippen molar-refractivity contribution in [2.24, 2.45) is 5.92 Å². The van der Waals surface area contributed by atoms with Crippen molar-refractivity contribution in [1.82, 2.24) is 4.90 Å². The molecule has 0 bridgehead atoms. The molecule has 0 radical (unpaired) electrons. The molecular weight excluding hydrogens is 383 g/mol. The minimum Gasteiger partial charge on any atom is -0.481 e. The van der Waals surface area contributed by atoms with Gasteiger partial charge in [-0.1, -0.05) is 6.07 Å².